The highest BCUT2D eigenvalue weighted by Gasteiger charge is 2.10. The number of rotatable bonds is 5. The Morgan fingerprint density at radius 1 is 1.50 bits per heavy atom. The summed E-state index contributed by atoms with van der Waals surface area (Å²) >= 11 is 5.61. The van der Waals surface area contributed by atoms with Crippen LogP contribution in [0.2, 0.25) is 5.02 Å². The van der Waals surface area contributed by atoms with E-state index in [4.69, 9.17) is 11.6 Å². The first-order chi connectivity index (χ1) is 9.47. The lowest BCUT2D eigenvalue weighted by molar-refractivity contribution is 0.174. The molecule has 1 heterocycles. The normalized spacial score (nSPS) is 12.7. The lowest BCUT2D eigenvalue weighted by atomic mass is 10.1. The molecular formula is C14H17ClFN3O. The molecule has 1 atom stereocenters. The summed E-state index contributed by atoms with van der Waals surface area (Å²) in [6, 6.07) is 4.32. The topological polar surface area (TPSA) is 50.1 Å². The van der Waals surface area contributed by atoms with Crippen LogP contribution in [0.15, 0.2) is 24.4 Å². The lowest BCUT2D eigenvalue weighted by Crippen LogP contribution is -2.21. The second-order valence-corrected chi connectivity index (χ2v) is 5.14. The third kappa shape index (κ3) is 3.56. The minimum atomic E-state index is -0.779. The molecule has 20 heavy (non-hydrogen) atoms. The van der Waals surface area contributed by atoms with E-state index in [0.29, 0.717) is 18.7 Å². The smallest absolute Gasteiger partial charge is 0.142 e. The zero-order chi connectivity index (χ0) is 14.7. The van der Waals surface area contributed by atoms with Gasteiger partial charge in [-0.15, -0.1) is 0 Å². The average Bonchev–Trinajstić information content (AvgIpc) is 2.71. The molecule has 1 aromatic heterocycles. The van der Waals surface area contributed by atoms with Crippen molar-refractivity contribution in [2.45, 2.75) is 19.6 Å². The molecule has 2 rings (SSSR count). The summed E-state index contributed by atoms with van der Waals surface area (Å²) in [6.45, 7) is 2.87. The molecule has 0 saturated heterocycles. The van der Waals surface area contributed by atoms with Crippen molar-refractivity contribution in [2.75, 3.05) is 6.54 Å². The van der Waals surface area contributed by atoms with E-state index in [2.05, 4.69) is 10.4 Å². The van der Waals surface area contributed by atoms with E-state index >= 15 is 0 Å². The predicted molar refractivity (Wildman–Crippen MR) is 76.0 cm³/mol. The fourth-order valence-electron chi connectivity index (χ4n) is 2.00. The van der Waals surface area contributed by atoms with Crippen LogP contribution >= 0.6 is 11.6 Å². The fourth-order valence-corrected chi connectivity index (χ4v) is 2.12. The molecule has 0 amide bonds. The Kier molecular flexibility index (Phi) is 4.75. The van der Waals surface area contributed by atoms with Crippen molar-refractivity contribution in [1.29, 1.82) is 0 Å². The Balaban J connectivity index is 1.90. The van der Waals surface area contributed by atoms with Crippen molar-refractivity contribution in [3.05, 3.63) is 52.1 Å². The summed E-state index contributed by atoms with van der Waals surface area (Å²) in [5.74, 6) is -0.522. The molecule has 6 heteroatoms. The van der Waals surface area contributed by atoms with Gasteiger partial charge in [0.25, 0.3) is 0 Å². The number of aliphatic hydroxyl groups is 1. The minimum Gasteiger partial charge on any atom is -0.387 e. The van der Waals surface area contributed by atoms with Crippen molar-refractivity contribution in [3.63, 3.8) is 0 Å². The van der Waals surface area contributed by atoms with E-state index in [9.17, 15) is 9.50 Å². The van der Waals surface area contributed by atoms with E-state index in [-0.39, 0.29) is 5.02 Å². The van der Waals surface area contributed by atoms with Crippen LogP contribution < -0.4 is 5.32 Å². The van der Waals surface area contributed by atoms with Crippen LogP contribution in [-0.4, -0.2) is 21.4 Å². The Labute approximate surface area is 122 Å². The summed E-state index contributed by atoms with van der Waals surface area (Å²) in [5, 5.41) is 17.4. The highest BCUT2D eigenvalue weighted by molar-refractivity contribution is 6.30. The molecule has 0 aliphatic carbocycles. The van der Waals surface area contributed by atoms with Gasteiger partial charge in [-0.3, -0.25) is 4.68 Å². The fraction of sp³-hybridized carbons (Fsp3) is 0.357. The van der Waals surface area contributed by atoms with Gasteiger partial charge < -0.3 is 10.4 Å². The molecular weight excluding hydrogens is 281 g/mol. The van der Waals surface area contributed by atoms with Gasteiger partial charge in [0.2, 0.25) is 0 Å². The van der Waals surface area contributed by atoms with Crippen LogP contribution in [0.5, 0.6) is 0 Å². The van der Waals surface area contributed by atoms with E-state index in [0.717, 1.165) is 11.3 Å². The highest BCUT2D eigenvalue weighted by atomic mass is 35.5. The first kappa shape index (κ1) is 15.0. The summed E-state index contributed by atoms with van der Waals surface area (Å²) in [6.07, 6.45) is 1.15. The number of aliphatic hydroxyl groups excluding tert-OH is 1. The van der Waals surface area contributed by atoms with Gasteiger partial charge in [0.15, 0.2) is 0 Å². The Hall–Kier alpha value is -1.43. The number of nitrogens with zero attached hydrogens (tertiary/aromatic N) is 2. The zero-order valence-corrected chi connectivity index (χ0v) is 12.2. The molecule has 2 aromatic rings. The van der Waals surface area contributed by atoms with Crippen molar-refractivity contribution in [3.8, 4) is 0 Å². The molecule has 0 bridgehead atoms. The van der Waals surface area contributed by atoms with E-state index in [1.807, 2.05) is 20.2 Å². The molecule has 0 spiro atoms. The number of benzene rings is 1. The Morgan fingerprint density at radius 2 is 2.25 bits per heavy atom. The van der Waals surface area contributed by atoms with Crippen molar-refractivity contribution < 1.29 is 9.50 Å². The van der Waals surface area contributed by atoms with E-state index < -0.39 is 11.9 Å². The van der Waals surface area contributed by atoms with Gasteiger partial charge in [0, 0.05) is 31.9 Å². The minimum absolute atomic E-state index is 0.0555. The average molecular weight is 298 g/mol. The van der Waals surface area contributed by atoms with Crippen LogP contribution in [0.1, 0.15) is 22.9 Å². The second-order valence-electron chi connectivity index (χ2n) is 4.73. The van der Waals surface area contributed by atoms with Gasteiger partial charge in [-0.2, -0.15) is 5.10 Å². The van der Waals surface area contributed by atoms with Gasteiger partial charge in [-0.05, 0) is 24.6 Å². The number of aryl methyl sites for hydroxylation is 2. The van der Waals surface area contributed by atoms with Crippen LogP contribution in [0.4, 0.5) is 4.39 Å². The van der Waals surface area contributed by atoms with Gasteiger partial charge in [-0.1, -0.05) is 17.7 Å². The first-order valence-electron chi connectivity index (χ1n) is 6.30. The molecule has 1 aromatic carbocycles. The SMILES string of the molecule is Cc1nn(C)cc1CNCC(O)c1ccc(Cl)c(F)c1. The van der Waals surface area contributed by atoms with Crippen LogP contribution in [-0.2, 0) is 13.6 Å². The maximum Gasteiger partial charge on any atom is 0.142 e. The number of hydrogen-bond acceptors (Lipinski definition) is 3. The zero-order valence-electron chi connectivity index (χ0n) is 11.4. The molecule has 1 unspecified atom stereocenters. The first-order valence-corrected chi connectivity index (χ1v) is 6.68. The third-order valence-electron chi connectivity index (χ3n) is 3.10. The highest BCUT2D eigenvalue weighted by Crippen LogP contribution is 2.20. The molecule has 108 valence electrons. The van der Waals surface area contributed by atoms with Crippen LogP contribution in [0.3, 0.4) is 0 Å². The molecule has 0 radical (unpaired) electrons. The van der Waals surface area contributed by atoms with Crippen LogP contribution in [0, 0.1) is 12.7 Å². The number of halogens is 2. The Morgan fingerprint density at radius 3 is 2.85 bits per heavy atom. The Bertz CT molecular complexity index is 600. The van der Waals surface area contributed by atoms with Crippen molar-refractivity contribution in [2.24, 2.45) is 7.05 Å². The standard InChI is InChI=1S/C14H17ClFN3O/c1-9-11(8-19(2)18-9)6-17-7-14(20)10-3-4-12(15)13(16)5-10/h3-5,8,14,17,20H,6-7H2,1-2H3. The second kappa shape index (κ2) is 6.35. The maximum absolute atomic E-state index is 13.3. The third-order valence-corrected chi connectivity index (χ3v) is 3.40. The van der Waals surface area contributed by atoms with E-state index in [1.165, 1.54) is 12.1 Å². The summed E-state index contributed by atoms with van der Waals surface area (Å²) in [5.41, 5.74) is 2.52. The molecule has 0 aliphatic rings. The summed E-state index contributed by atoms with van der Waals surface area (Å²) < 4.78 is 15.1. The molecule has 2 N–H and O–H groups in total. The largest absolute Gasteiger partial charge is 0.387 e. The summed E-state index contributed by atoms with van der Waals surface area (Å²) in [4.78, 5) is 0. The van der Waals surface area contributed by atoms with Gasteiger partial charge in [-0.25, -0.2) is 4.39 Å². The molecule has 0 aliphatic heterocycles. The van der Waals surface area contributed by atoms with Gasteiger partial charge >= 0.3 is 0 Å². The molecule has 0 saturated carbocycles. The quantitative estimate of drug-likeness (QED) is 0.891. The number of hydrogen-bond donors (Lipinski definition) is 2. The summed E-state index contributed by atoms with van der Waals surface area (Å²) in [7, 11) is 1.86. The van der Waals surface area contributed by atoms with Crippen LogP contribution in [0.25, 0.3) is 0 Å². The number of nitrogens with one attached hydrogen (secondary N) is 1. The molecule has 4 nitrogen and oxygen atoms in total. The maximum atomic E-state index is 13.3. The predicted octanol–water partition coefficient (Wildman–Crippen LogP) is 2.34. The van der Waals surface area contributed by atoms with Crippen molar-refractivity contribution >= 4 is 11.6 Å². The number of aromatic nitrogens is 2. The van der Waals surface area contributed by atoms with Gasteiger partial charge in [0.05, 0.1) is 16.8 Å². The van der Waals surface area contributed by atoms with Gasteiger partial charge in [0.1, 0.15) is 5.82 Å². The lowest BCUT2D eigenvalue weighted by Gasteiger charge is -2.12. The molecule has 0 fully saturated rings. The van der Waals surface area contributed by atoms with E-state index in [1.54, 1.807) is 10.7 Å². The van der Waals surface area contributed by atoms with Crippen molar-refractivity contribution in [1.82, 2.24) is 15.1 Å². The monoisotopic (exact) mass is 297 g/mol.